The van der Waals surface area contributed by atoms with E-state index in [4.69, 9.17) is 5.84 Å². The molecule has 0 radical (unpaired) electrons. The number of nitrogens with two attached hydrogens (primary N) is 1. The van der Waals surface area contributed by atoms with Gasteiger partial charge in [-0.15, -0.1) is 11.3 Å². The van der Waals surface area contributed by atoms with Gasteiger partial charge >= 0.3 is 0 Å². The fourth-order valence-electron chi connectivity index (χ4n) is 7.39. The summed E-state index contributed by atoms with van der Waals surface area (Å²) in [5.41, 5.74) is 9.97. The van der Waals surface area contributed by atoms with E-state index < -0.39 is 0 Å². The van der Waals surface area contributed by atoms with Crippen molar-refractivity contribution in [3.05, 3.63) is 156 Å². The molecular weight excluding hydrogens is 593 g/mol. The topological polar surface area (TPSA) is 44.5 Å². The number of nitrogens with zero attached hydrogens (tertiary/aromatic N) is 2. The number of benzene rings is 5. The van der Waals surface area contributed by atoms with Crippen LogP contribution in [0.2, 0.25) is 0 Å². The molecule has 1 atom stereocenters. The van der Waals surface area contributed by atoms with Gasteiger partial charge < -0.3 is 5.32 Å². The minimum Gasteiger partial charge on any atom is -0.354 e. The number of allylic oxidation sites excluding steroid dienone is 3. The summed E-state index contributed by atoms with van der Waals surface area (Å²) in [6.07, 6.45) is 9.78. The first kappa shape index (κ1) is 29.9. The molecule has 0 unspecified atom stereocenters. The third-order valence-electron chi connectivity index (χ3n) is 9.88. The van der Waals surface area contributed by atoms with Crippen LogP contribution in [0.15, 0.2) is 133 Å². The van der Waals surface area contributed by atoms with Crippen LogP contribution in [0, 0.1) is 5.92 Å². The molecule has 1 aliphatic heterocycles. The summed E-state index contributed by atoms with van der Waals surface area (Å²) in [6, 6.07) is 39.6. The van der Waals surface area contributed by atoms with Crippen LogP contribution < -0.4 is 11.2 Å². The number of anilines is 2. The molecule has 0 bridgehead atoms. The summed E-state index contributed by atoms with van der Waals surface area (Å²) in [4.78, 5) is 0. The molecule has 0 spiro atoms. The predicted molar refractivity (Wildman–Crippen MR) is 200 cm³/mol. The summed E-state index contributed by atoms with van der Waals surface area (Å²) in [5.74, 6) is 7.31. The molecule has 8 rings (SSSR count). The Hall–Kier alpha value is -4.52. The zero-order valence-corrected chi connectivity index (χ0v) is 27.8. The smallest absolute Gasteiger partial charge is 0.0520 e. The maximum absolute atomic E-state index is 6.91. The number of fused-ring (bicyclic) bond motifs is 5. The van der Waals surface area contributed by atoms with E-state index in [1.807, 2.05) is 16.5 Å². The van der Waals surface area contributed by atoms with Gasteiger partial charge in [0.15, 0.2) is 0 Å². The van der Waals surface area contributed by atoms with E-state index in [0.717, 1.165) is 26.1 Å². The van der Waals surface area contributed by atoms with Gasteiger partial charge in [0.1, 0.15) is 0 Å². The molecule has 0 fully saturated rings. The lowest BCUT2D eigenvalue weighted by molar-refractivity contribution is -0.0500. The Morgan fingerprint density at radius 2 is 1.55 bits per heavy atom. The lowest BCUT2D eigenvalue weighted by Crippen LogP contribution is -2.48. The Morgan fingerprint density at radius 1 is 0.787 bits per heavy atom. The van der Waals surface area contributed by atoms with E-state index in [-0.39, 0.29) is 5.41 Å². The van der Waals surface area contributed by atoms with Crippen molar-refractivity contribution >= 4 is 42.9 Å². The Kier molecular flexibility index (Phi) is 7.78. The number of hydrazine groups is 2. The number of hydrogen-bond acceptors (Lipinski definition) is 5. The summed E-state index contributed by atoms with van der Waals surface area (Å²) in [5, 5.41) is 10.8. The van der Waals surface area contributed by atoms with Crippen molar-refractivity contribution in [3.8, 4) is 11.1 Å². The van der Waals surface area contributed by atoms with Crippen LogP contribution in [0.3, 0.4) is 0 Å². The SMILES string of the molecule is CC1(C)c2ccccc2Nc2c1cc1c(sc3c(CN(Cc4ccccc4)N(N)C[C@H]4C=CC=CC4)cccc31)c2-c1ccccc1. The van der Waals surface area contributed by atoms with E-state index in [0.29, 0.717) is 5.92 Å². The van der Waals surface area contributed by atoms with E-state index >= 15 is 0 Å². The zero-order valence-electron chi connectivity index (χ0n) is 27.0. The molecule has 234 valence electrons. The zero-order chi connectivity index (χ0) is 32.0. The quantitative estimate of drug-likeness (QED) is 0.129. The summed E-state index contributed by atoms with van der Waals surface area (Å²) in [7, 11) is 0. The first-order chi connectivity index (χ1) is 23.0. The number of rotatable bonds is 8. The minimum absolute atomic E-state index is 0.157. The fourth-order valence-corrected chi connectivity index (χ4v) is 8.74. The number of thiophene rings is 1. The van der Waals surface area contributed by atoms with Crippen molar-refractivity contribution < 1.29 is 0 Å². The van der Waals surface area contributed by atoms with Gasteiger partial charge in [-0.3, -0.25) is 5.84 Å². The largest absolute Gasteiger partial charge is 0.354 e. The van der Waals surface area contributed by atoms with Gasteiger partial charge in [0.2, 0.25) is 0 Å². The van der Waals surface area contributed by atoms with Crippen LogP contribution >= 0.6 is 11.3 Å². The first-order valence-corrected chi connectivity index (χ1v) is 17.4. The van der Waals surface area contributed by atoms with Gasteiger partial charge in [0.05, 0.1) is 5.69 Å². The van der Waals surface area contributed by atoms with Crippen LogP contribution in [0.4, 0.5) is 11.4 Å². The van der Waals surface area contributed by atoms with E-state index in [1.54, 1.807) is 0 Å². The van der Waals surface area contributed by atoms with Crippen molar-refractivity contribution in [2.45, 2.75) is 38.8 Å². The standard InChI is InChI=1S/C42H40N4S/c1-42(2)35-23-12-13-24-37(35)44-39-36(42)25-34-33-22-14-21-32(40(33)47-41(34)38(39)31-19-10-5-11-20-31)28-45(26-29-15-6-3-7-16-29)46(43)27-30-17-8-4-9-18-30/h3-17,19-25,30,44H,18,26-28,43H2,1-2H3/t30-/m0/s1. The van der Waals surface area contributed by atoms with Gasteiger partial charge in [-0.1, -0.05) is 135 Å². The highest BCUT2D eigenvalue weighted by Gasteiger charge is 2.35. The third kappa shape index (κ3) is 5.49. The van der Waals surface area contributed by atoms with Crippen molar-refractivity contribution in [1.29, 1.82) is 0 Å². The molecule has 5 heteroatoms. The van der Waals surface area contributed by atoms with Gasteiger partial charge in [-0.05, 0) is 52.3 Å². The lowest BCUT2D eigenvalue weighted by Gasteiger charge is -2.37. The van der Waals surface area contributed by atoms with Crippen molar-refractivity contribution in [1.82, 2.24) is 10.1 Å². The van der Waals surface area contributed by atoms with Gasteiger partial charge in [0.25, 0.3) is 0 Å². The predicted octanol–water partition coefficient (Wildman–Crippen LogP) is 10.3. The molecule has 6 aromatic rings. The Morgan fingerprint density at radius 3 is 2.34 bits per heavy atom. The van der Waals surface area contributed by atoms with Crippen LogP contribution in [-0.4, -0.2) is 16.7 Å². The molecule has 2 heterocycles. The van der Waals surface area contributed by atoms with Gasteiger partial charge in [0, 0.05) is 56.5 Å². The second-order valence-electron chi connectivity index (χ2n) is 13.3. The molecule has 0 saturated carbocycles. The Bertz CT molecular complexity index is 2130. The van der Waals surface area contributed by atoms with Gasteiger partial charge in [-0.25, -0.2) is 5.01 Å². The molecule has 3 N–H and O–H groups in total. The van der Waals surface area contributed by atoms with Crippen LogP contribution in [-0.2, 0) is 18.5 Å². The van der Waals surface area contributed by atoms with Crippen molar-refractivity contribution in [2.24, 2.45) is 11.8 Å². The van der Waals surface area contributed by atoms with Crippen LogP contribution in [0.5, 0.6) is 0 Å². The molecule has 0 saturated heterocycles. The molecule has 0 amide bonds. The summed E-state index contributed by atoms with van der Waals surface area (Å²) >= 11 is 1.91. The molecule has 4 nitrogen and oxygen atoms in total. The lowest BCUT2D eigenvalue weighted by atomic mass is 9.73. The van der Waals surface area contributed by atoms with Crippen LogP contribution in [0.1, 0.15) is 42.5 Å². The fraction of sp³-hybridized carbons (Fsp3) is 0.190. The van der Waals surface area contributed by atoms with Gasteiger partial charge in [-0.2, -0.15) is 5.12 Å². The van der Waals surface area contributed by atoms with E-state index in [9.17, 15) is 0 Å². The van der Waals surface area contributed by atoms with E-state index in [1.165, 1.54) is 64.9 Å². The highest BCUT2D eigenvalue weighted by molar-refractivity contribution is 7.26. The second kappa shape index (κ2) is 12.3. The molecular formula is C42H40N4S. The number of hydrogen-bond donors (Lipinski definition) is 2. The number of para-hydroxylation sites is 1. The first-order valence-electron chi connectivity index (χ1n) is 16.6. The highest BCUT2D eigenvalue weighted by atomic mass is 32.1. The normalized spacial score (nSPS) is 16.5. The average molecular weight is 633 g/mol. The molecule has 1 aliphatic carbocycles. The van der Waals surface area contributed by atoms with Crippen molar-refractivity contribution in [2.75, 3.05) is 11.9 Å². The Labute approximate surface area is 281 Å². The maximum atomic E-state index is 6.91. The average Bonchev–Trinajstić information content (AvgIpc) is 3.48. The molecule has 2 aliphatic rings. The van der Waals surface area contributed by atoms with Crippen LogP contribution in [0.25, 0.3) is 31.3 Å². The number of nitrogens with one attached hydrogen (secondary N) is 1. The maximum Gasteiger partial charge on any atom is 0.0520 e. The Balaban J connectivity index is 1.27. The molecule has 5 aromatic carbocycles. The summed E-state index contributed by atoms with van der Waals surface area (Å²) in [6.45, 7) is 6.95. The second-order valence-corrected chi connectivity index (χ2v) is 14.4. The third-order valence-corrected chi connectivity index (χ3v) is 11.2. The monoisotopic (exact) mass is 632 g/mol. The molecule has 47 heavy (non-hydrogen) atoms. The van der Waals surface area contributed by atoms with Crippen molar-refractivity contribution in [3.63, 3.8) is 0 Å². The van der Waals surface area contributed by atoms with E-state index in [2.05, 4.69) is 158 Å². The summed E-state index contributed by atoms with van der Waals surface area (Å²) < 4.78 is 2.64. The molecule has 1 aromatic heterocycles. The minimum atomic E-state index is -0.157. The highest BCUT2D eigenvalue weighted by Crippen LogP contribution is 2.54.